The smallest absolute Gasteiger partial charge is 0.272 e. The minimum Gasteiger partial charge on any atom is -0.340 e. The molecule has 1 saturated heterocycles. The predicted octanol–water partition coefficient (Wildman–Crippen LogP) is 3.29. The van der Waals surface area contributed by atoms with Gasteiger partial charge < -0.3 is 9.88 Å². The summed E-state index contributed by atoms with van der Waals surface area (Å²) in [4.78, 5) is 22.6. The second-order valence-corrected chi connectivity index (χ2v) is 6.38. The number of carbonyl (C=O) groups is 1. The van der Waals surface area contributed by atoms with Gasteiger partial charge in [-0.15, -0.1) is 0 Å². The largest absolute Gasteiger partial charge is 0.340 e. The van der Waals surface area contributed by atoms with Crippen LogP contribution in [-0.4, -0.2) is 37.1 Å². The van der Waals surface area contributed by atoms with Crippen LogP contribution in [-0.2, 0) is 6.54 Å². The van der Waals surface area contributed by atoms with Gasteiger partial charge in [-0.3, -0.25) is 9.48 Å². The van der Waals surface area contributed by atoms with Crippen molar-refractivity contribution >= 4 is 16.9 Å². The highest BCUT2D eigenvalue weighted by molar-refractivity contribution is 5.93. The third-order valence-corrected chi connectivity index (χ3v) is 4.66. The summed E-state index contributed by atoms with van der Waals surface area (Å²) in [6.45, 7) is 3.46. The lowest BCUT2D eigenvalue weighted by Crippen LogP contribution is -2.32. The molecule has 1 amide bonds. The van der Waals surface area contributed by atoms with E-state index in [-0.39, 0.29) is 17.8 Å². The van der Waals surface area contributed by atoms with Gasteiger partial charge in [-0.2, -0.15) is 5.10 Å². The Morgan fingerprint density at radius 1 is 1.40 bits per heavy atom. The zero-order valence-electron chi connectivity index (χ0n) is 14.1. The fraction of sp³-hybridized carbons (Fsp3) is 0.389. The minimum absolute atomic E-state index is 0.0277. The Hall–Kier alpha value is -2.70. The molecule has 6 nitrogen and oxygen atoms in total. The Kier molecular flexibility index (Phi) is 3.99. The van der Waals surface area contributed by atoms with Gasteiger partial charge in [0, 0.05) is 19.3 Å². The summed E-state index contributed by atoms with van der Waals surface area (Å²) >= 11 is 0. The van der Waals surface area contributed by atoms with Crippen molar-refractivity contribution in [1.82, 2.24) is 24.6 Å². The van der Waals surface area contributed by atoms with Gasteiger partial charge in [0.25, 0.3) is 5.91 Å². The van der Waals surface area contributed by atoms with E-state index in [0.717, 1.165) is 25.8 Å². The number of aromatic nitrogens is 4. The number of rotatable bonds is 4. The fourth-order valence-electron chi connectivity index (χ4n) is 3.50. The number of imidazole rings is 1. The van der Waals surface area contributed by atoms with E-state index in [2.05, 4.69) is 22.0 Å². The summed E-state index contributed by atoms with van der Waals surface area (Å²) in [5.41, 5.74) is 1.98. The van der Waals surface area contributed by atoms with E-state index in [1.807, 2.05) is 4.90 Å². The SMILES string of the molecule is CCCn1nccc1C(=O)N1CCC[C@H]1c1nc2ccc(F)cc2[nH]1. The number of likely N-dealkylation sites (tertiary alicyclic amines) is 1. The number of carbonyl (C=O) groups excluding carboxylic acids is 1. The van der Waals surface area contributed by atoms with E-state index in [9.17, 15) is 9.18 Å². The van der Waals surface area contributed by atoms with Crippen LogP contribution in [0.5, 0.6) is 0 Å². The molecule has 0 saturated carbocycles. The summed E-state index contributed by atoms with van der Waals surface area (Å²) in [5, 5.41) is 4.24. The maximum atomic E-state index is 13.4. The third kappa shape index (κ3) is 2.79. The topological polar surface area (TPSA) is 66.8 Å². The normalized spacial score (nSPS) is 17.5. The van der Waals surface area contributed by atoms with Crippen molar-refractivity contribution in [2.45, 2.75) is 38.8 Å². The molecule has 0 radical (unpaired) electrons. The quantitative estimate of drug-likeness (QED) is 0.792. The molecule has 1 N–H and O–H groups in total. The van der Waals surface area contributed by atoms with Crippen molar-refractivity contribution in [3.8, 4) is 0 Å². The maximum absolute atomic E-state index is 13.4. The molecule has 0 bridgehead atoms. The van der Waals surface area contributed by atoms with Crippen molar-refractivity contribution in [3.05, 3.63) is 47.8 Å². The molecular formula is C18H20FN5O. The Balaban J connectivity index is 1.65. The standard InChI is InChI=1S/C18H20FN5O/c1-2-9-24-16(7-8-20-24)18(25)23-10-3-4-15(23)17-21-13-6-5-12(19)11-14(13)22-17/h5-8,11,15H,2-4,9-10H2,1H3,(H,21,22)/t15-/m0/s1. The highest BCUT2D eigenvalue weighted by Gasteiger charge is 2.33. The summed E-state index contributed by atoms with van der Waals surface area (Å²) in [7, 11) is 0. The molecule has 1 fully saturated rings. The van der Waals surface area contributed by atoms with E-state index < -0.39 is 0 Å². The molecule has 1 aliphatic heterocycles. The molecule has 4 rings (SSSR count). The van der Waals surface area contributed by atoms with Crippen molar-refractivity contribution in [1.29, 1.82) is 0 Å². The summed E-state index contributed by atoms with van der Waals surface area (Å²) in [6, 6.07) is 6.13. The molecule has 7 heteroatoms. The number of aryl methyl sites for hydroxylation is 1. The zero-order valence-corrected chi connectivity index (χ0v) is 14.1. The van der Waals surface area contributed by atoms with Gasteiger partial charge in [0.1, 0.15) is 17.3 Å². The first-order valence-electron chi connectivity index (χ1n) is 8.65. The Morgan fingerprint density at radius 3 is 3.12 bits per heavy atom. The Morgan fingerprint density at radius 2 is 2.28 bits per heavy atom. The highest BCUT2D eigenvalue weighted by Crippen LogP contribution is 2.32. The van der Waals surface area contributed by atoms with Crippen molar-refractivity contribution in [2.24, 2.45) is 0 Å². The highest BCUT2D eigenvalue weighted by atomic mass is 19.1. The van der Waals surface area contributed by atoms with Gasteiger partial charge in [0.15, 0.2) is 0 Å². The van der Waals surface area contributed by atoms with Gasteiger partial charge >= 0.3 is 0 Å². The molecule has 3 aromatic rings. The Labute approximate surface area is 144 Å². The van der Waals surface area contributed by atoms with Crippen LogP contribution in [0.1, 0.15) is 48.5 Å². The van der Waals surface area contributed by atoms with E-state index >= 15 is 0 Å². The summed E-state index contributed by atoms with van der Waals surface area (Å²) in [5.74, 6) is 0.388. The number of halogens is 1. The molecule has 1 aliphatic rings. The molecule has 1 aromatic carbocycles. The molecule has 0 unspecified atom stereocenters. The molecule has 2 aromatic heterocycles. The zero-order chi connectivity index (χ0) is 17.4. The lowest BCUT2D eigenvalue weighted by Gasteiger charge is -2.23. The molecule has 0 spiro atoms. The van der Waals surface area contributed by atoms with Crippen molar-refractivity contribution in [3.63, 3.8) is 0 Å². The van der Waals surface area contributed by atoms with Gasteiger partial charge in [-0.1, -0.05) is 6.92 Å². The summed E-state index contributed by atoms with van der Waals surface area (Å²) < 4.78 is 15.2. The number of H-pyrrole nitrogens is 1. The van der Waals surface area contributed by atoms with E-state index in [4.69, 9.17) is 0 Å². The van der Waals surface area contributed by atoms with Crippen LogP contribution in [0.2, 0.25) is 0 Å². The number of amides is 1. The number of fused-ring (bicyclic) bond motifs is 1. The van der Waals surface area contributed by atoms with Gasteiger partial charge in [-0.05, 0) is 43.5 Å². The average molecular weight is 341 g/mol. The first-order chi connectivity index (χ1) is 12.2. The number of nitrogens with one attached hydrogen (secondary N) is 1. The molecule has 130 valence electrons. The number of hydrogen-bond donors (Lipinski definition) is 1. The lowest BCUT2D eigenvalue weighted by atomic mass is 10.2. The van der Waals surface area contributed by atoms with Crippen LogP contribution in [0.15, 0.2) is 30.5 Å². The van der Waals surface area contributed by atoms with Crippen LogP contribution in [0.25, 0.3) is 11.0 Å². The van der Waals surface area contributed by atoms with Crippen molar-refractivity contribution < 1.29 is 9.18 Å². The molecule has 3 heterocycles. The van der Waals surface area contributed by atoms with E-state index in [1.54, 1.807) is 23.0 Å². The second-order valence-electron chi connectivity index (χ2n) is 6.38. The minimum atomic E-state index is -0.300. The number of aromatic amines is 1. The molecule has 0 aliphatic carbocycles. The van der Waals surface area contributed by atoms with Crippen LogP contribution in [0.3, 0.4) is 0 Å². The van der Waals surface area contributed by atoms with Crippen LogP contribution >= 0.6 is 0 Å². The molecule has 1 atom stereocenters. The summed E-state index contributed by atoms with van der Waals surface area (Å²) in [6.07, 6.45) is 4.35. The van der Waals surface area contributed by atoms with E-state index in [0.29, 0.717) is 29.1 Å². The third-order valence-electron chi connectivity index (χ3n) is 4.66. The lowest BCUT2D eigenvalue weighted by molar-refractivity contribution is 0.0717. The van der Waals surface area contributed by atoms with E-state index in [1.165, 1.54) is 12.1 Å². The van der Waals surface area contributed by atoms with Crippen LogP contribution in [0.4, 0.5) is 4.39 Å². The number of benzene rings is 1. The number of hydrogen-bond acceptors (Lipinski definition) is 3. The van der Waals surface area contributed by atoms with Gasteiger partial charge in [-0.25, -0.2) is 9.37 Å². The second kappa shape index (κ2) is 6.31. The number of nitrogens with zero attached hydrogens (tertiary/aromatic N) is 4. The maximum Gasteiger partial charge on any atom is 0.272 e. The monoisotopic (exact) mass is 341 g/mol. The van der Waals surface area contributed by atoms with Crippen LogP contribution in [0, 0.1) is 5.82 Å². The molecule has 25 heavy (non-hydrogen) atoms. The first kappa shape index (κ1) is 15.8. The van der Waals surface area contributed by atoms with Crippen molar-refractivity contribution in [2.75, 3.05) is 6.54 Å². The van der Waals surface area contributed by atoms with Crippen LogP contribution < -0.4 is 0 Å². The molecular weight excluding hydrogens is 321 g/mol. The first-order valence-corrected chi connectivity index (χ1v) is 8.65. The van der Waals surface area contributed by atoms with Gasteiger partial charge in [0.2, 0.25) is 0 Å². The van der Waals surface area contributed by atoms with Gasteiger partial charge in [0.05, 0.1) is 17.1 Å². The average Bonchev–Trinajstić information content (AvgIpc) is 3.32. The predicted molar refractivity (Wildman–Crippen MR) is 91.6 cm³/mol. The Bertz CT molecular complexity index is 915. The fourth-order valence-corrected chi connectivity index (χ4v) is 3.50.